The lowest BCUT2D eigenvalue weighted by atomic mass is 10.4. The Hall–Kier alpha value is -1.73. The number of carbonyl (C=O) groups is 1. The van der Waals surface area contributed by atoms with Crippen molar-refractivity contribution in [3.05, 3.63) is 28.7 Å². The van der Waals surface area contributed by atoms with Crippen molar-refractivity contribution in [1.82, 2.24) is 15.0 Å². The smallest absolute Gasteiger partial charge is 0.277 e. The normalized spacial score (nSPS) is 10.3. The number of hydrogen-bond acceptors (Lipinski definition) is 5. The minimum absolute atomic E-state index is 0.262. The van der Waals surface area contributed by atoms with Crippen molar-refractivity contribution in [1.29, 1.82) is 0 Å². The Morgan fingerprint density at radius 2 is 2.50 bits per heavy atom. The molecule has 0 radical (unpaired) electrons. The monoisotopic (exact) mass is 237 g/mol. The largest absolute Gasteiger partial charge is 0.329 e. The summed E-state index contributed by atoms with van der Waals surface area (Å²) in [5.41, 5.74) is 6.43. The molecule has 0 aromatic carbocycles. The van der Waals surface area contributed by atoms with E-state index in [2.05, 4.69) is 15.6 Å². The van der Waals surface area contributed by atoms with Gasteiger partial charge in [0.25, 0.3) is 5.91 Å². The molecule has 0 atom stereocenters. The Kier molecular flexibility index (Phi) is 3.28. The lowest BCUT2D eigenvalue weighted by molar-refractivity contribution is 0.102. The molecule has 3 N–H and O–H groups in total. The van der Waals surface area contributed by atoms with Crippen molar-refractivity contribution in [2.24, 2.45) is 5.73 Å². The molecule has 0 saturated heterocycles. The predicted molar refractivity (Wildman–Crippen MR) is 61.3 cm³/mol. The van der Waals surface area contributed by atoms with Crippen LogP contribution in [0.4, 0.5) is 5.69 Å². The van der Waals surface area contributed by atoms with Crippen molar-refractivity contribution in [3.8, 4) is 0 Å². The minimum Gasteiger partial charge on any atom is -0.329 e. The molecule has 0 bridgehead atoms. The molecule has 0 fully saturated rings. The Morgan fingerprint density at radius 1 is 1.62 bits per heavy atom. The zero-order chi connectivity index (χ0) is 11.4. The first-order valence-corrected chi connectivity index (χ1v) is 5.67. The topological polar surface area (TPSA) is 85.8 Å². The fourth-order valence-electron chi connectivity index (χ4n) is 1.17. The van der Waals surface area contributed by atoms with Crippen LogP contribution in [-0.2, 0) is 6.54 Å². The molecule has 0 aliphatic carbocycles. The highest BCUT2D eigenvalue weighted by Crippen LogP contribution is 2.12. The number of nitrogens with one attached hydrogen (secondary N) is 1. The molecule has 84 valence electrons. The third-order valence-corrected chi connectivity index (χ3v) is 2.59. The van der Waals surface area contributed by atoms with E-state index in [0.29, 0.717) is 18.8 Å². The summed E-state index contributed by atoms with van der Waals surface area (Å²) in [6.45, 7) is 1.02. The number of hydrogen-bond donors (Lipinski definition) is 2. The van der Waals surface area contributed by atoms with Crippen LogP contribution in [0.15, 0.2) is 23.0 Å². The van der Waals surface area contributed by atoms with Gasteiger partial charge in [-0.05, 0) is 11.4 Å². The second-order valence-corrected chi connectivity index (χ2v) is 3.90. The summed E-state index contributed by atoms with van der Waals surface area (Å²) in [5, 5.41) is 14.0. The lowest BCUT2D eigenvalue weighted by Crippen LogP contribution is -2.12. The van der Waals surface area contributed by atoms with Crippen LogP contribution in [0.3, 0.4) is 0 Å². The van der Waals surface area contributed by atoms with Crippen molar-refractivity contribution in [2.45, 2.75) is 6.54 Å². The number of nitrogens with zero attached hydrogens (tertiary/aromatic N) is 3. The number of carbonyl (C=O) groups excluding carboxylic acids is 1. The lowest BCUT2D eigenvalue weighted by Gasteiger charge is -1.97. The molecule has 2 aromatic heterocycles. The van der Waals surface area contributed by atoms with E-state index in [1.165, 1.54) is 11.3 Å². The summed E-state index contributed by atoms with van der Waals surface area (Å²) in [5.74, 6) is -0.262. The molecule has 6 nitrogen and oxygen atoms in total. The van der Waals surface area contributed by atoms with Crippen LogP contribution < -0.4 is 11.1 Å². The van der Waals surface area contributed by atoms with Crippen LogP contribution in [0.5, 0.6) is 0 Å². The third kappa shape index (κ3) is 2.44. The average Bonchev–Trinajstić information content (AvgIpc) is 2.89. The Balaban J connectivity index is 2.03. The number of aromatic nitrogens is 3. The summed E-state index contributed by atoms with van der Waals surface area (Å²) in [4.78, 5) is 11.7. The molecule has 0 aliphatic rings. The van der Waals surface area contributed by atoms with Crippen molar-refractivity contribution in [2.75, 3.05) is 11.9 Å². The molecule has 2 heterocycles. The van der Waals surface area contributed by atoms with Gasteiger partial charge in [0.1, 0.15) is 0 Å². The van der Waals surface area contributed by atoms with Crippen LogP contribution in [-0.4, -0.2) is 27.4 Å². The van der Waals surface area contributed by atoms with Crippen LogP contribution in [0.2, 0.25) is 0 Å². The molecule has 0 aliphatic heterocycles. The van der Waals surface area contributed by atoms with E-state index < -0.39 is 0 Å². The minimum atomic E-state index is -0.262. The Morgan fingerprint density at radius 3 is 3.19 bits per heavy atom. The van der Waals surface area contributed by atoms with E-state index in [1.807, 2.05) is 16.8 Å². The van der Waals surface area contributed by atoms with Gasteiger partial charge >= 0.3 is 0 Å². The van der Waals surface area contributed by atoms with Gasteiger partial charge in [-0.2, -0.15) is 11.3 Å². The van der Waals surface area contributed by atoms with E-state index >= 15 is 0 Å². The molecule has 2 aromatic rings. The van der Waals surface area contributed by atoms with Crippen molar-refractivity contribution < 1.29 is 4.79 Å². The van der Waals surface area contributed by atoms with Crippen LogP contribution in [0, 0.1) is 0 Å². The second kappa shape index (κ2) is 4.86. The molecule has 0 unspecified atom stereocenters. The number of thiophene rings is 1. The van der Waals surface area contributed by atoms with E-state index in [-0.39, 0.29) is 5.91 Å². The SMILES string of the molecule is NCCn1cc(C(=O)Nc2ccsc2)nn1. The second-order valence-electron chi connectivity index (χ2n) is 3.12. The number of nitrogens with two attached hydrogens (primary N) is 1. The maximum Gasteiger partial charge on any atom is 0.277 e. The summed E-state index contributed by atoms with van der Waals surface area (Å²) in [6, 6.07) is 1.83. The highest BCUT2D eigenvalue weighted by molar-refractivity contribution is 7.08. The van der Waals surface area contributed by atoms with Gasteiger partial charge in [-0.15, -0.1) is 5.10 Å². The van der Waals surface area contributed by atoms with Gasteiger partial charge in [0.2, 0.25) is 0 Å². The molecular weight excluding hydrogens is 226 g/mol. The first-order chi connectivity index (χ1) is 7.79. The Labute approximate surface area is 96.1 Å². The van der Waals surface area contributed by atoms with Crippen molar-refractivity contribution >= 4 is 22.9 Å². The summed E-state index contributed by atoms with van der Waals surface area (Å²) in [7, 11) is 0. The van der Waals surface area contributed by atoms with Gasteiger partial charge in [-0.25, -0.2) is 0 Å². The van der Waals surface area contributed by atoms with Gasteiger partial charge < -0.3 is 11.1 Å². The van der Waals surface area contributed by atoms with Crippen LogP contribution in [0.1, 0.15) is 10.5 Å². The molecule has 1 amide bonds. The van der Waals surface area contributed by atoms with Crippen molar-refractivity contribution in [3.63, 3.8) is 0 Å². The Bertz CT molecular complexity index is 464. The summed E-state index contributed by atoms with van der Waals surface area (Å²) < 4.78 is 1.54. The molecule has 16 heavy (non-hydrogen) atoms. The highest BCUT2D eigenvalue weighted by atomic mass is 32.1. The number of anilines is 1. The predicted octanol–water partition coefficient (Wildman–Crippen LogP) is 0.551. The third-order valence-electron chi connectivity index (χ3n) is 1.91. The van der Waals surface area contributed by atoms with E-state index in [1.54, 1.807) is 10.9 Å². The van der Waals surface area contributed by atoms with E-state index in [4.69, 9.17) is 5.73 Å². The van der Waals surface area contributed by atoms with E-state index in [9.17, 15) is 4.79 Å². The molecule has 0 saturated carbocycles. The number of amides is 1. The van der Waals surface area contributed by atoms with Gasteiger partial charge in [-0.3, -0.25) is 9.48 Å². The van der Waals surface area contributed by atoms with E-state index in [0.717, 1.165) is 5.69 Å². The van der Waals surface area contributed by atoms with Crippen LogP contribution >= 0.6 is 11.3 Å². The maximum atomic E-state index is 11.7. The quantitative estimate of drug-likeness (QED) is 0.813. The molecule has 0 spiro atoms. The maximum absolute atomic E-state index is 11.7. The molecular formula is C9H11N5OS. The van der Waals surface area contributed by atoms with Gasteiger partial charge in [0, 0.05) is 11.9 Å². The summed E-state index contributed by atoms with van der Waals surface area (Å²) >= 11 is 1.52. The summed E-state index contributed by atoms with van der Waals surface area (Å²) in [6.07, 6.45) is 1.58. The van der Waals surface area contributed by atoms with Gasteiger partial charge in [0.05, 0.1) is 18.4 Å². The zero-order valence-electron chi connectivity index (χ0n) is 8.46. The first kappa shape index (κ1) is 10.8. The fourth-order valence-corrected chi connectivity index (χ4v) is 1.76. The average molecular weight is 237 g/mol. The van der Waals surface area contributed by atoms with Gasteiger partial charge in [0.15, 0.2) is 5.69 Å². The molecule has 2 rings (SSSR count). The van der Waals surface area contributed by atoms with Gasteiger partial charge in [-0.1, -0.05) is 5.21 Å². The highest BCUT2D eigenvalue weighted by Gasteiger charge is 2.10. The zero-order valence-corrected chi connectivity index (χ0v) is 9.28. The van der Waals surface area contributed by atoms with Crippen LogP contribution in [0.25, 0.3) is 0 Å². The first-order valence-electron chi connectivity index (χ1n) is 4.73. The fraction of sp³-hybridized carbons (Fsp3) is 0.222. The number of rotatable bonds is 4. The standard InChI is InChI=1S/C9H11N5OS/c10-2-3-14-5-8(12-13-14)9(15)11-7-1-4-16-6-7/h1,4-6H,2-3,10H2,(H,11,15). The molecule has 7 heteroatoms.